The number of furan rings is 1. The van der Waals surface area contributed by atoms with Crippen molar-refractivity contribution in [2.45, 2.75) is 19.4 Å². The predicted octanol–water partition coefficient (Wildman–Crippen LogP) is 3.57. The van der Waals surface area contributed by atoms with Crippen molar-refractivity contribution in [3.63, 3.8) is 0 Å². The van der Waals surface area contributed by atoms with Gasteiger partial charge in [-0.2, -0.15) is 5.01 Å². The molecule has 4 rings (SSSR count). The van der Waals surface area contributed by atoms with Gasteiger partial charge in [0.15, 0.2) is 5.54 Å². The number of imide groups is 1. The zero-order valence-electron chi connectivity index (χ0n) is 14.3. The van der Waals surface area contributed by atoms with Crippen LogP contribution in [-0.2, 0) is 10.3 Å². The minimum atomic E-state index is -1.39. The van der Waals surface area contributed by atoms with Gasteiger partial charge in [-0.05, 0) is 37.6 Å². The van der Waals surface area contributed by atoms with Crippen LogP contribution in [0.25, 0.3) is 10.1 Å². The molecule has 2 aromatic heterocycles. The highest BCUT2D eigenvalue weighted by Crippen LogP contribution is 2.37. The van der Waals surface area contributed by atoms with Gasteiger partial charge in [0.1, 0.15) is 10.6 Å². The van der Waals surface area contributed by atoms with Crippen LogP contribution < -0.4 is 10.7 Å². The summed E-state index contributed by atoms with van der Waals surface area (Å²) in [4.78, 5) is 38.0. The summed E-state index contributed by atoms with van der Waals surface area (Å²) in [6.07, 6.45) is 1.40. The van der Waals surface area contributed by atoms with Gasteiger partial charge >= 0.3 is 6.03 Å². The number of carbonyl (C=O) groups excluding carboxylic acids is 3. The Balaban J connectivity index is 1.64. The number of aryl methyl sites for hydroxylation is 1. The molecule has 1 unspecified atom stereocenters. The molecule has 1 aromatic carbocycles. The van der Waals surface area contributed by atoms with Gasteiger partial charge in [0.25, 0.3) is 11.8 Å². The third kappa shape index (κ3) is 2.60. The van der Waals surface area contributed by atoms with Crippen LogP contribution in [-0.4, -0.2) is 22.9 Å². The number of nitrogens with one attached hydrogen (secondary N) is 2. The number of hydrogen-bond donors (Lipinski definition) is 2. The normalized spacial score (nSPS) is 19.6. The lowest BCUT2D eigenvalue weighted by Crippen LogP contribution is -2.47. The van der Waals surface area contributed by atoms with E-state index in [2.05, 4.69) is 10.7 Å². The number of fused-ring (bicyclic) bond motifs is 1. The van der Waals surface area contributed by atoms with Crippen molar-refractivity contribution >= 4 is 50.9 Å². The van der Waals surface area contributed by atoms with Crippen LogP contribution in [0, 0.1) is 6.92 Å². The topological polar surface area (TPSA) is 91.7 Å². The molecular formula is C18H14ClN3O4S. The van der Waals surface area contributed by atoms with E-state index in [0.29, 0.717) is 10.0 Å². The molecule has 0 bridgehead atoms. The Hall–Kier alpha value is -2.84. The van der Waals surface area contributed by atoms with Gasteiger partial charge in [-0.15, -0.1) is 11.3 Å². The summed E-state index contributed by atoms with van der Waals surface area (Å²) in [7, 11) is 0. The minimum Gasteiger partial charge on any atom is -0.466 e. The number of hydrogen-bond acceptors (Lipinski definition) is 5. The van der Waals surface area contributed by atoms with Gasteiger partial charge in [0.2, 0.25) is 0 Å². The molecule has 1 aliphatic heterocycles. The van der Waals surface area contributed by atoms with Crippen LogP contribution in [0.3, 0.4) is 0 Å². The molecule has 1 atom stereocenters. The fourth-order valence-corrected chi connectivity index (χ4v) is 4.61. The minimum absolute atomic E-state index is 0.230. The zero-order chi connectivity index (χ0) is 19.3. The summed E-state index contributed by atoms with van der Waals surface area (Å²) < 4.78 is 6.11. The van der Waals surface area contributed by atoms with Crippen LogP contribution in [0.5, 0.6) is 0 Å². The highest BCUT2D eigenvalue weighted by molar-refractivity contribution is 7.21. The number of benzene rings is 1. The van der Waals surface area contributed by atoms with Crippen molar-refractivity contribution in [1.29, 1.82) is 0 Å². The monoisotopic (exact) mass is 403 g/mol. The molecule has 2 N–H and O–H groups in total. The molecule has 3 heterocycles. The number of urea groups is 1. The van der Waals surface area contributed by atoms with Crippen LogP contribution in [0.2, 0.25) is 5.02 Å². The highest BCUT2D eigenvalue weighted by Gasteiger charge is 2.52. The summed E-state index contributed by atoms with van der Waals surface area (Å²) in [6.45, 7) is 3.41. The van der Waals surface area contributed by atoms with Gasteiger partial charge in [-0.1, -0.05) is 23.7 Å². The lowest BCUT2D eigenvalue weighted by Gasteiger charge is -2.18. The Kier molecular flexibility index (Phi) is 3.97. The summed E-state index contributed by atoms with van der Waals surface area (Å²) in [5, 5.41) is 4.27. The fraction of sp³-hybridized carbons (Fsp3) is 0.167. The number of thiophene rings is 1. The lowest BCUT2D eigenvalue weighted by molar-refractivity contribution is -0.133. The molecule has 1 saturated heterocycles. The van der Waals surface area contributed by atoms with Crippen LogP contribution >= 0.6 is 22.9 Å². The van der Waals surface area contributed by atoms with Gasteiger partial charge in [-0.3, -0.25) is 15.0 Å². The number of amides is 4. The van der Waals surface area contributed by atoms with E-state index in [4.69, 9.17) is 16.0 Å². The van der Waals surface area contributed by atoms with Crippen molar-refractivity contribution in [2.75, 3.05) is 0 Å². The Morgan fingerprint density at radius 3 is 2.74 bits per heavy atom. The van der Waals surface area contributed by atoms with Crippen molar-refractivity contribution in [3.05, 3.63) is 57.8 Å². The van der Waals surface area contributed by atoms with Crippen LogP contribution in [0.4, 0.5) is 4.79 Å². The molecule has 138 valence electrons. The highest BCUT2D eigenvalue weighted by atomic mass is 35.5. The molecular weight excluding hydrogens is 390 g/mol. The van der Waals surface area contributed by atoms with Crippen molar-refractivity contribution < 1.29 is 18.8 Å². The number of carbonyl (C=O) groups is 3. The zero-order valence-corrected chi connectivity index (χ0v) is 15.9. The van der Waals surface area contributed by atoms with E-state index in [9.17, 15) is 14.4 Å². The smallest absolute Gasteiger partial charge is 0.344 e. The molecule has 3 aromatic rings. The van der Waals surface area contributed by atoms with Crippen LogP contribution in [0.1, 0.15) is 27.9 Å². The van der Waals surface area contributed by atoms with E-state index in [0.717, 1.165) is 15.6 Å². The fourth-order valence-electron chi connectivity index (χ4n) is 3.04. The third-order valence-corrected chi connectivity index (χ3v) is 6.13. The summed E-state index contributed by atoms with van der Waals surface area (Å²) in [5.41, 5.74) is 1.89. The predicted molar refractivity (Wildman–Crippen MR) is 100 cm³/mol. The summed E-state index contributed by atoms with van der Waals surface area (Å²) >= 11 is 7.58. The van der Waals surface area contributed by atoms with Gasteiger partial charge in [0, 0.05) is 10.1 Å². The second-order valence-corrected chi connectivity index (χ2v) is 7.74. The van der Waals surface area contributed by atoms with Crippen molar-refractivity contribution in [2.24, 2.45) is 0 Å². The number of rotatable bonds is 3. The van der Waals surface area contributed by atoms with Gasteiger partial charge in [-0.25, -0.2) is 4.79 Å². The largest absolute Gasteiger partial charge is 0.466 e. The van der Waals surface area contributed by atoms with Gasteiger partial charge in [0.05, 0.1) is 11.3 Å². The van der Waals surface area contributed by atoms with E-state index in [-0.39, 0.29) is 10.6 Å². The first-order valence-electron chi connectivity index (χ1n) is 8.02. The quantitative estimate of drug-likeness (QED) is 0.654. The van der Waals surface area contributed by atoms with E-state index >= 15 is 0 Å². The first kappa shape index (κ1) is 17.6. The Morgan fingerprint density at radius 1 is 1.30 bits per heavy atom. The number of nitrogens with zero attached hydrogens (tertiary/aromatic N) is 1. The average molecular weight is 404 g/mol. The second-order valence-electron chi connectivity index (χ2n) is 6.31. The van der Waals surface area contributed by atoms with E-state index in [1.54, 1.807) is 12.1 Å². The maximum absolute atomic E-state index is 12.8. The Labute approximate surface area is 162 Å². The number of halogens is 1. The molecule has 1 fully saturated rings. The first-order chi connectivity index (χ1) is 12.8. The maximum atomic E-state index is 12.8. The van der Waals surface area contributed by atoms with Gasteiger partial charge < -0.3 is 9.73 Å². The van der Waals surface area contributed by atoms with E-state index < -0.39 is 23.4 Å². The van der Waals surface area contributed by atoms with Crippen molar-refractivity contribution in [3.8, 4) is 0 Å². The third-order valence-electron chi connectivity index (χ3n) is 4.49. The molecule has 0 spiro atoms. The molecule has 9 heteroatoms. The lowest BCUT2D eigenvalue weighted by atomic mass is 10.00. The Bertz CT molecular complexity index is 1090. The number of hydrazine groups is 1. The standard InChI is InChI=1S/C18H14ClN3O4S/c1-9-5-3-6-10-12(9)13(19)14(27-10)15(23)21-22-16(24)18(2,20-17(22)25)11-7-4-8-26-11/h3-8H,1-2H3,(H,20,25)(H,21,23). The second kappa shape index (κ2) is 6.11. The Morgan fingerprint density at radius 2 is 2.07 bits per heavy atom. The molecule has 0 radical (unpaired) electrons. The molecule has 7 nitrogen and oxygen atoms in total. The van der Waals surface area contributed by atoms with E-state index in [1.807, 2.05) is 25.1 Å². The SMILES string of the molecule is Cc1cccc2sc(C(=O)NN3C(=O)NC(C)(c4ccco4)C3=O)c(Cl)c12. The average Bonchev–Trinajstić information content (AvgIpc) is 3.32. The van der Waals surface area contributed by atoms with Crippen molar-refractivity contribution in [1.82, 2.24) is 15.8 Å². The van der Waals surface area contributed by atoms with Crippen LogP contribution in [0.15, 0.2) is 41.0 Å². The summed E-state index contributed by atoms with van der Waals surface area (Å²) in [5.74, 6) is -1.01. The maximum Gasteiger partial charge on any atom is 0.344 e. The molecule has 27 heavy (non-hydrogen) atoms. The summed E-state index contributed by atoms with van der Waals surface area (Å²) in [6, 6.07) is 8.07. The molecule has 1 aliphatic rings. The molecule has 0 saturated carbocycles. The first-order valence-corrected chi connectivity index (χ1v) is 9.21. The van der Waals surface area contributed by atoms with E-state index in [1.165, 1.54) is 24.5 Å². The molecule has 4 amide bonds. The molecule has 0 aliphatic carbocycles.